The topological polar surface area (TPSA) is 0 Å². The summed E-state index contributed by atoms with van der Waals surface area (Å²) in [6.07, 6.45) is 13.8. The first-order valence-corrected chi connectivity index (χ1v) is 12.3. The lowest BCUT2D eigenvalue weighted by atomic mass is 9.57. The number of alkyl halides is 1. The molecule has 0 nitrogen and oxygen atoms in total. The monoisotopic (exact) mass is 426 g/mol. The predicted octanol–water partition coefficient (Wildman–Crippen LogP) is 7.69. The van der Waals surface area contributed by atoms with Crippen LogP contribution < -0.4 is 0 Å². The van der Waals surface area contributed by atoms with Crippen molar-refractivity contribution in [2.75, 3.05) is 0 Å². The highest BCUT2D eigenvalue weighted by molar-refractivity contribution is 9.09. The molecule has 0 aliphatic heterocycles. The fourth-order valence-corrected chi connectivity index (χ4v) is 9.44. The molecule has 3 saturated carbocycles. The second-order valence-corrected chi connectivity index (χ2v) is 11.8. The average Bonchev–Trinajstić information content (AvgIpc) is 3.23. The van der Waals surface area contributed by atoms with Crippen LogP contribution in [0.3, 0.4) is 0 Å². The van der Waals surface area contributed by atoms with E-state index in [0.29, 0.717) is 11.3 Å². The van der Waals surface area contributed by atoms with Gasteiger partial charge < -0.3 is 0 Å². The molecule has 0 saturated heterocycles. The Hall–Kier alpha value is -0.560. The molecule has 1 aromatic carbocycles. The van der Waals surface area contributed by atoms with E-state index in [1.54, 1.807) is 5.56 Å². The smallest absolute Gasteiger partial charge is 0.0207 e. The van der Waals surface area contributed by atoms with E-state index in [9.17, 15) is 0 Å². The number of hydrogen-bond donors (Lipinski definition) is 0. The summed E-state index contributed by atoms with van der Waals surface area (Å²) in [5, 5.41) is 0. The molecule has 4 aliphatic rings. The van der Waals surface area contributed by atoms with E-state index >= 15 is 0 Å². The maximum atomic E-state index is 4.25. The summed E-state index contributed by atoms with van der Waals surface area (Å²) in [6.45, 7) is 7.74. The van der Waals surface area contributed by atoms with Gasteiger partial charge in [0, 0.05) is 10.7 Å². The zero-order chi connectivity index (χ0) is 18.8. The van der Waals surface area contributed by atoms with E-state index in [2.05, 4.69) is 73.1 Å². The second kappa shape index (κ2) is 6.75. The van der Waals surface area contributed by atoms with Gasteiger partial charge in [-0.1, -0.05) is 92.4 Å². The van der Waals surface area contributed by atoms with Crippen molar-refractivity contribution in [1.29, 1.82) is 0 Å². The van der Waals surface area contributed by atoms with Gasteiger partial charge in [-0.25, -0.2) is 0 Å². The number of rotatable bonds is 2. The SMILES string of the molecule is CC1CC2C(Br)C3CCCCC3CC2C1C(C)(C)C1C=Cc2ccccc21. The molecule has 27 heavy (non-hydrogen) atoms. The lowest BCUT2D eigenvalue weighted by Gasteiger charge is -2.50. The van der Waals surface area contributed by atoms with Crippen molar-refractivity contribution in [2.45, 2.75) is 70.0 Å². The summed E-state index contributed by atoms with van der Waals surface area (Å²) in [6, 6.07) is 9.10. The highest BCUT2D eigenvalue weighted by atomic mass is 79.9. The summed E-state index contributed by atoms with van der Waals surface area (Å²) in [5.74, 6) is 6.03. The van der Waals surface area contributed by atoms with Crippen molar-refractivity contribution >= 4 is 22.0 Å². The van der Waals surface area contributed by atoms with E-state index in [1.165, 1.54) is 44.1 Å². The van der Waals surface area contributed by atoms with Crippen LogP contribution in [0, 0.1) is 40.9 Å². The molecule has 0 N–H and O–H groups in total. The van der Waals surface area contributed by atoms with Gasteiger partial charge in [0.05, 0.1) is 0 Å². The molecular weight excluding hydrogens is 392 g/mol. The van der Waals surface area contributed by atoms with Crippen molar-refractivity contribution in [3.05, 3.63) is 41.5 Å². The molecule has 5 rings (SSSR count). The molecule has 0 spiro atoms. The maximum absolute atomic E-state index is 4.25. The highest BCUT2D eigenvalue weighted by Gasteiger charge is 2.56. The van der Waals surface area contributed by atoms with E-state index in [0.717, 1.165) is 40.3 Å². The maximum Gasteiger partial charge on any atom is 0.0207 e. The Balaban J connectivity index is 1.47. The molecule has 1 aromatic rings. The molecule has 4 aliphatic carbocycles. The van der Waals surface area contributed by atoms with Crippen molar-refractivity contribution in [3.8, 4) is 0 Å². The van der Waals surface area contributed by atoms with E-state index in [-0.39, 0.29) is 0 Å². The molecular formula is C26H35Br. The molecule has 8 atom stereocenters. The number of fused-ring (bicyclic) bond motifs is 3. The van der Waals surface area contributed by atoms with Gasteiger partial charge in [0.15, 0.2) is 0 Å². The first-order chi connectivity index (χ1) is 13.0. The average molecular weight is 427 g/mol. The van der Waals surface area contributed by atoms with Crippen molar-refractivity contribution in [3.63, 3.8) is 0 Å². The Labute approximate surface area is 174 Å². The van der Waals surface area contributed by atoms with Gasteiger partial charge in [-0.15, -0.1) is 0 Å². The standard InChI is InChI=1S/C26H35Br/c1-16-14-22-21(15-18-9-5-7-11-20(18)25(22)27)24(16)26(2,3)23-13-12-17-8-4-6-10-19(17)23/h4,6,8,10,12-13,16,18,20-25H,5,7,9,11,14-15H2,1-3H3. The molecule has 0 aromatic heterocycles. The van der Waals surface area contributed by atoms with Crippen molar-refractivity contribution < 1.29 is 0 Å². The van der Waals surface area contributed by atoms with Crippen LogP contribution >= 0.6 is 15.9 Å². The van der Waals surface area contributed by atoms with Gasteiger partial charge in [-0.3, -0.25) is 0 Å². The fourth-order valence-electron chi connectivity index (χ4n) is 8.13. The zero-order valence-electron chi connectivity index (χ0n) is 17.2. The largest absolute Gasteiger partial charge is 0.0884 e. The minimum absolute atomic E-state index is 0.330. The van der Waals surface area contributed by atoms with E-state index in [1.807, 2.05) is 0 Å². The number of allylic oxidation sites excluding steroid dienone is 1. The Morgan fingerprint density at radius 2 is 1.74 bits per heavy atom. The predicted molar refractivity (Wildman–Crippen MR) is 119 cm³/mol. The molecule has 1 heteroatoms. The lowest BCUT2D eigenvalue weighted by molar-refractivity contribution is 0.0361. The molecule has 0 bridgehead atoms. The van der Waals surface area contributed by atoms with Crippen LogP contribution in [-0.2, 0) is 0 Å². The van der Waals surface area contributed by atoms with Crippen molar-refractivity contribution in [1.82, 2.24) is 0 Å². The van der Waals surface area contributed by atoms with Crippen LogP contribution in [0.1, 0.15) is 76.3 Å². The van der Waals surface area contributed by atoms with Gasteiger partial charge in [0.1, 0.15) is 0 Å². The van der Waals surface area contributed by atoms with Crippen molar-refractivity contribution in [2.24, 2.45) is 40.9 Å². The summed E-state index contributed by atoms with van der Waals surface area (Å²) >= 11 is 4.25. The molecule has 8 unspecified atom stereocenters. The van der Waals surface area contributed by atoms with Crippen LogP contribution in [0.15, 0.2) is 30.3 Å². The number of halogens is 1. The highest BCUT2D eigenvalue weighted by Crippen LogP contribution is 2.63. The Morgan fingerprint density at radius 1 is 0.963 bits per heavy atom. The zero-order valence-corrected chi connectivity index (χ0v) is 18.8. The quantitative estimate of drug-likeness (QED) is 0.425. The summed E-state index contributed by atoms with van der Waals surface area (Å²) in [4.78, 5) is 0.774. The first kappa shape index (κ1) is 18.5. The Bertz CT molecular complexity index is 731. The summed E-state index contributed by atoms with van der Waals surface area (Å²) in [5.41, 5.74) is 3.35. The lowest BCUT2D eigenvalue weighted by Crippen LogP contribution is -2.44. The van der Waals surface area contributed by atoms with Gasteiger partial charge in [-0.05, 0) is 71.3 Å². The number of hydrogen-bond acceptors (Lipinski definition) is 0. The van der Waals surface area contributed by atoms with Gasteiger partial charge in [-0.2, -0.15) is 0 Å². The number of benzene rings is 1. The fraction of sp³-hybridized carbons (Fsp3) is 0.692. The second-order valence-electron chi connectivity index (χ2n) is 10.7. The summed E-state index contributed by atoms with van der Waals surface area (Å²) < 4.78 is 0. The van der Waals surface area contributed by atoms with E-state index in [4.69, 9.17) is 0 Å². The van der Waals surface area contributed by atoms with Gasteiger partial charge in [0.25, 0.3) is 0 Å². The van der Waals surface area contributed by atoms with Crippen LogP contribution in [0.25, 0.3) is 6.08 Å². The molecule has 0 radical (unpaired) electrons. The first-order valence-electron chi connectivity index (χ1n) is 11.4. The molecule has 146 valence electrons. The Kier molecular flexibility index (Phi) is 4.62. The van der Waals surface area contributed by atoms with Crippen LogP contribution in [0.4, 0.5) is 0 Å². The van der Waals surface area contributed by atoms with E-state index < -0.39 is 0 Å². The third kappa shape index (κ3) is 2.82. The minimum atomic E-state index is 0.330. The summed E-state index contributed by atoms with van der Waals surface area (Å²) in [7, 11) is 0. The normalized spacial score (nSPS) is 43.3. The third-order valence-corrected chi connectivity index (χ3v) is 10.4. The third-order valence-electron chi connectivity index (χ3n) is 9.09. The van der Waals surface area contributed by atoms with Crippen LogP contribution in [0.2, 0.25) is 0 Å². The van der Waals surface area contributed by atoms with Gasteiger partial charge in [0.2, 0.25) is 0 Å². The minimum Gasteiger partial charge on any atom is -0.0884 e. The molecule has 0 heterocycles. The Morgan fingerprint density at radius 3 is 2.59 bits per heavy atom. The van der Waals surface area contributed by atoms with Crippen LogP contribution in [0.5, 0.6) is 0 Å². The molecule has 0 amide bonds. The van der Waals surface area contributed by atoms with Crippen LogP contribution in [-0.4, -0.2) is 4.83 Å². The molecule has 3 fully saturated rings. The van der Waals surface area contributed by atoms with Gasteiger partial charge >= 0.3 is 0 Å².